The van der Waals surface area contributed by atoms with E-state index in [1.54, 1.807) is 0 Å². The van der Waals surface area contributed by atoms with Crippen LogP contribution in [-0.4, -0.2) is 5.78 Å². The Morgan fingerprint density at radius 1 is 1.38 bits per heavy atom. The maximum Gasteiger partial charge on any atom is 0.159 e. The first-order valence-electron chi connectivity index (χ1n) is 6.34. The third-order valence-electron chi connectivity index (χ3n) is 4.47. The van der Waals surface area contributed by atoms with E-state index in [4.69, 9.17) is 0 Å². The second kappa shape index (κ2) is 3.87. The smallest absolute Gasteiger partial charge is 0.159 e. The number of Topliss-reactive ketones (excluding diaryl/α,β-unsaturated/α-hetero) is 1. The Bertz CT molecular complexity index is 371. The van der Waals surface area contributed by atoms with Gasteiger partial charge in [-0.2, -0.15) is 0 Å². The molecule has 0 spiro atoms. The van der Waals surface area contributed by atoms with Crippen LogP contribution in [0.1, 0.15) is 47.0 Å². The van der Waals surface area contributed by atoms with Crippen molar-refractivity contribution in [2.45, 2.75) is 47.0 Å². The summed E-state index contributed by atoms with van der Waals surface area (Å²) in [5.41, 5.74) is 2.86. The highest BCUT2D eigenvalue weighted by Gasteiger charge is 2.59. The summed E-state index contributed by atoms with van der Waals surface area (Å²) in [5.74, 6) is 1.62. The van der Waals surface area contributed by atoms with E-state index in [0.29, 0.717) is 23.0 Å². The molecule has 0 aromatic carbocycles. The highest BCUT2D eigenvalue weighted by molar-refractivity contribution is 5.99. The Balaban J connectivity index is 2.18. The van der Waals surface area contributed by atoms with Gasteiger partial charge in [-0.3, -0.25) is 4.79 Å². The lowest BCUT2D eigenvalue weighted by atomic mass is 10.00. The molecule has 1 nitrogen and oxygen atoms in total. The lowest BCUT2D eigenvalue weighted by Crippen LogP contribution is -2.02. The van der Waals surface area contributed by atoms with Crippen molar-refractivity contribution >= 4 is 5.78 Å². The first-order chi connectivity index (χ1) is 7.50. The highest BCUT2D eigenvalue weighted by Crippen LogP contribution is 2.64. The topological polar surface area (TPSA) is 17.1 Å². The van der Waals surface area contributed by atoms with Crippen molar-refractivity contribution in [3.8, 4) is 0 Å². The normalized spacial score (nSPS) is 32.9. The minimum atomic E-state index is 0.329. The summed E-state index contributed by atoms with van der Waals surface area (Å²) in [4.78, 5) is 11.9. The minimum absolute atomic E-state index is 0.329. The Hall–Kier alpha value is -0.850. The van der Waals surface area contributed by atoms with Gasteiger partial charge in [0, 0.05) is 6.42 Å². The van der Waals surface area contributed by atoms with Gasteiger partial charge in [0.25, 0.3) is 0 Å². The van der Waals surface area contributed by atoms with Gasteiger partial charge in [0.05, 0.1) is 0 Å². The monoisotopic (exact) mass is 218 g/mol. The van der Waals surface area contributed by atoms with Gasteiger partial charge in [-0.15, -0.1) is 0 Å². The van der Waals surface area contributed by atoms with Crippen LogP contribution < -0.4 is 0 Å². The van der Waals surface area contributed by atoms with Crippen LogP contribution in [0.15, 0.2) is 23.3 Å². The fourth-order valence-corrected chi connectivity index (χ4v) is 3.29. The summed E-state index contributed by atoms with van der Waals surface area (Å²) in [5, 5.41) is 0. The third-order valence-corrected chi connectivity index (χ3v) is 4.47. The molecule has 0 saturated heterocycles. The fourth-order valence-electron chi connectivity index (χ4n) is 3.29. The van der Waals surface area contributed by atoms with Crippen molar-refractivity contribution in [3.05, 3.63) is 23.3 Å². The average molecular weight is 218 g/mol. The van der Waals surface area contributed by atoms with Crippen LogP contribution in [0.2, 0.25) is 0 Å². The molecule has 2 aliphatic rings. The summed E-state index contributed by atoms with van der Waals surface area (Å²) in [6.07, 6.45) is 7.23. The molecule has 16 heavy (non-hydrogen) atoms. The van der Waals surface area contributed by atoms with E-state index < -0.39 is 0 Å². The molecule has 0 aromatic heterocycles. The van der Waals surface area contributed by atoms with E-state index in [1.165, 1.54) is 11.1 Å². The van der Waals surface area contributed by atoms with Gasteiger partial charge < -0.3 is 0 Å². The molecule has 1 saturated carbocycles. The Kier molecular flexibility index (Phi) is 2.81. The van der Waals surface area contributed by atoms with E-state index in [-0.39, 0.29) is 0 Å². The number of allylic oxidation sites excluding steroid dienone is 4. The molecule has 2 rings (SSSR count). The molecule has 0 N–H and O–H groups in total. The van der Waals surface area contributed by atoms with Crippen LogP contribution >= 0.6 is 0 Å². The van der Waals surface area contributed by atoms with E-state index in [2.05, 4.69) is 39.8 Å². The van der Waals surface area contributed by atoms with Gasteiger partial charge in [0.15, 0.2) is 5.78 Å². The molecule has 0 amide bonds. The number of carbonyl (C=O) groups excluding carboxylic acids is 1. The van der Waals surface area contributed by atoms with Gasteiger partial charge in [0.1, 0.15) is 0 Å². The van der Waals surface area contributed by atoms with Gasteiger partial charge in [-0.1, -0.05) is 31.6 Å². The second-order valence-electron chi connectivity index (χ2n) is 5.83. The predicted octanol–water partition coefficient (Wildman–Crippen LogP) is 3.90. The van der Waals surface area contributed by atoms with Crippen molar-refractivity contribution in [2.75, 3.05) is 0 Å². The Morgan fingerprint density at radius 3 is 2.56 bits per heavy atom. The van der Waals surface area contributed by atoms with Crippen LogP contribution in [-0.2, 0) is 4.79 Å². The average Bonchev–Trinajstić information content (AvgIpc) is 2.57. The quantitative estimate of drug-likeness (QED) is 0.656. The zero-order valence-electron chi connectivity index (χ0n) is 10.8. The zero-order valence-corrected chi connectivity index (χ0v) is 10.8. The van der Waals surface area contributed by atoms with Gasteiger partial charge >= 0.3 is 0 Å². The van der Waals surface area contributed by atoms with Crippen molar-refractivity contribution in [1.29, 1.82) is 0 Å². The van der Waals surface area contributed by atoms with Crippen LogP contribution in [0.5, 0.6) is 0 Å². The van der Waals surface area contributed by atoms with Crippen LogP contribution in [0.3, 0.4) is 0 Å². The van der Waals surface area contributed by atoms with E-state index in [1.807, 2.05) is 0 Å². The SMILES string of the molecule is CC=CCC1C(C2=C(C)CCC2=O)C1(C)C. The molecule has 88 valence electrons. The molecule has 0 aromatic rings. The molecule has 0 aliphatic heterocycles. The predicted molar refractivity (Wildman–Crippen MR) is 67.1 cm³/mol. The molecular weight excluding hydrogens is 196 g/mol. The number of rotatable bonds is 3. The lowest BCUT2D eigenvalue weighted by Gasteiger charge is -2.04. The van der Waals surface area contributed by atoms with Gasteiger partial charge in [-0.25, -0.2) is 0 Å². The lowest BCUT2D eigenvalue weighted by molar-refractivity contribution is -0.115. The van der Waals surface area contributed by atoms with E-state index in [9.17, 15) is 4.79 Å². The summed E-state index contributed by atoms with van der Waals surface area (Å²) in [6.45, 7) is 8.81. The summed E-state index contributed by atoms with van der Waals surface area (Å²) < 4.78 is 0. The number of hydrogen-bond donors (Lipinski definition) is 0. The third kappa shape index (κ3) is 1.66. The van der Waals surface area contributed by atoms with Crippen molar-refractivity contribution in [3.63, 3.8) is 0 Å². The number of carbonyl (C=O) groups is 1. The molecule has 2 unspecified atom stereocenters. The maximum absolute atomic E-state index is 11.9. The molecule has 0 heterocycles. The van der Waals surface area contributed by atoms with Gasteiger partial charge in [-0.05, 0) is 49.5 Å². The molecule has 1 fully saturated rings. The summed E-state index contributed by atoms with van der Waals surface area (Å²) >= 11 is 0. The van der Waals surface area contributed by atoms with Crippen LogP contribution in [0.25, 0.3) is 0 Å². The molecule has 2 aliphatic carbocycles. The second-order valence-corrected chi connectivity index (χ2v) is 5.83. The number of ketones is 1. The summed E-state index contributed by atoms with van der Waals surface area (Å²) in [6, 6.07) is 0. The van der Waals surface area contributed by atoms with Crippen LogP contribution in [0, 0.1) is 17.3 Å². The molecular formula is C15H22O. The molecule has 0 bridgehead atoms. The van der Waals surface area contributed by atoms with E-state index in [0.717, 1.165) is 19.3 Å². The Morgan fingerprint density at radius 2 is 2.06 bits per heavy atom. The van der Waals surface area contributed by atoms with Crippen molar-refractivity contribution < 1.29 is 4.79 Å². The van der Waals surface area contributed by atoms with Crippen molar-refractivity contribution in [1.82, 2.24) is 0 Å². The largest absolute Gasteiger partial charge is 0.295 e. The van der Waals surface area contributed by atoms with Gasteiger partial charge in [0.2, 0.25) is 0 Å². The summed E-state index contributed by atoms with van der Waals surface area (Å²) in [7, 11) is 0. The fraction of sp³-hybridized carbons (Fsp3) is 0.667. The zero-order chi connectivity index (χ0) is 11.9. The first-order valence-corrected chi connectivity index (χ1v) is 6.34. The molecule has 1 heteroatoms. The number of hydrogen-bond acceptors (Lipinski definition) is 1. The van der Waals surface area contributed by atoms with Crippen LogP contribution in [0.4, 0.5) is 0 Å². The first kappa shape index (κ1) is 11.6. The standard InChI is InChI=1S/C15H22O/c1-5-6-7-11-14(15(11,3)4)13-10(2)8-9-12(13)16/h5-6,11,14H,7-9H2,1-4H3. The Labute approximate surface area is 98.6 Å². The molecule has 2 atom stereocenters. The minimum Gasteiger partial charge on any atom is -0.295 e. The highest BCUT2D eigenvalue weighted by atomic mass is 16.1. The van der Waals surface area contributed by atoms with Crippen molar-refractivity contribution in [2.24, 2.45) is 17.3 Å². The maximum atomic E-state index is 11.9. The molecule has 0 radical (unpaired) electrons. The van der Waals surface area contributed by atoms with E-state index >= 15 is 0 Å².